The van der Waals surface area contributed by atoms with Gasteiger partial charge in [-0.1, -0.05) is 6.92 Å². The first kappa shape index (κ1) is 9.68. The molecule has 1 aromatic rings. The van der Waals surface area contributed by atoms with Crippen LogP contribution in [0, 0.1) is 0 Å². The third kappa shape index (κ3) is 3.32. The molecule has 1 heterocycles. The number of rotatable bonds is 5. The quantitative estimate of drug-likeness (QED) is 0.760. The fourth-order valence-corrected chi connectivity index (χ4v) is 1.18. The van der Waals surface area contributed by atoms with Gasteiger partial charge >= 0.3 is 0 Å². The van der Waals surface area contributed by atoms with Crippen molar-refractivity contribution in [2.45, 2.75) is 18.7 Å². The van der Waals surface area contributed by atoms with Crippen LogP contribution in [-0.2, 0) is 6.54 Å². The van der Waals surface area contributed by atoms with Gasteiger partial charge < -0.3 is 9.73 Å². The number of thioether (sulfide) groups is 1. The van der Waals surface area contributed by atoms with Gasteiger partial charge in [-0.3, -0.25) is 0 Å². The van der Waals surface area contributed by atoms with Crippen molar-refractivity contribution < 1.29 is 4.42 Å². The van der Waals surface area contributed by atoms with Crippen LogP contribution in [0.1, 0.15) is 12.5 Å². The number of hydrogen-bond acceptors (Lipinski definition) is 3. The molecule has 0 aliphatic rings. The minimum Gasteiger partial charge on any atom is -0.472 e. The predicted molar refractivity (Wildman–Crippen MR) is 53.4 cm³/mol. The van der Waals surface area contributed by atoms with Crippen LogP contribution in [0.5, 0.6) is 0 Å². The SMILES string of the molecule is CSC(C)CNCc1ccoc1. The van der Waals surface area contributed by atoms with Gasteiger partial charge in [0.15, 0.2) is 0 Å². The highest BCUT2D eigenvalue weighted by atomic mass is 32.2. The maximum absolute atomic E-state index is 4.95. The first-order valence-corrected chi connectivity index (χ1v) is 5.36. The summed E-state index contributed by atoms with van der Waals surface area (Å²) in [7, 11) is 0. The van der Waals surface area contributed by atoms with Gasteiger partial charge in [-0.05, 0) is 12.3 Å². The first-order valence-electron chi connectivity index (χ1n) is 4.07. The van der Waals surface area contributed by atoms with Crippen molar-refractivity contribution in [3.8, 4) is 0 Å². The molecule has 68 valence electrons. The van der Waals surface area contributed by atoms with E-state index in [0.717, 1.165) is 13.1 Å². The molecule has 1 unspecified atom stereocenters. The average molecular weight is 185 g/mol. The monoisotopic (exact) mass is 185 g/mol. The van der Waals surface area contributed by atoms with Crippen molar-refractivity contribution >= 4 is 11.8 Å². The minimum absolute atomic E-state index is 0.678. The van der Waals surface area contributed by atoms with Gasteiger partial charge in [0.05, 0.1) is 12.5 Å². The Hall–Kier alpha value is -0.410. The lowest BCUT2D eigenvalue weighted by Gasteiger charge is -2.08. The molecule has 0 spiro atoms. The molecule has 0 saturated heterocycles. The Morgan fingerprint density at radius 1 is 1.67 bits per heavy atom. The van der Waals surface area contributed by atoms with Crippen molar-refractivity contribution in [3.63, 3.8) is 0 Å². The molecule has 1 rings (SSSR count). The van der Waals surface area contributed by atoms with E-state index in [9.17, 15) is 0 Å². The van der Waals surface area contributed by atoms with Gasteiger partial charge in [0, 0.05) is 23.9 Å². The molecule has 12 heavy (non-hydrogen) atoms. The summed E-state index contributed by atoms with van der Waals surface area (Å²) < 4.78 is 4.95. The van der Waals surface area contributed by atoms with E-state index in [0.29, 0.717) is 5.25 Å². The van der Waals surface area contributed by atoms with Gasteiger partial charge in [0.25, 0.3) is 0 Å². The van der Waals surface area contributed by atoms with E-state index < -0.39 is 0 Å². The molecule has 0 bridgehead atoms. The highest BCUT2D eigenvalue weighted by molar-refractivity contribution is 7.99. The Morgan fingerprint density at radius 2 is 2.50 bits per heavy atom. The molecule has 0 aliphatic heterocycles. The molecule has 1 atom stereocenters. The van der Waals surface area contributed by atoms with E-state index in [1.54, 1.807) is 12.5 Å². The second kappa shape index (κ2) is 5.27. The third-order valence-electron chi connectivity index (χ3n) is 1.74. The van der Waals surface area contributed by atoms with Crippen molar-refractivity contribution in [3.05, 3.63) is 24.2 Å². The summed E-state index contributed by atoms with van der Waals surface area (Å²) in [6, 6.07) is 1.98. The molecule has 2 nitrogen and oxygen atoms in total. The zero-order valence-electron chi connectivity index (χ0n) is 7.54. The standard InChI is InChI=1S/C9H15NOS/c1-8(12-2)5-10-6-9-3-4-11-7-9/h3-4,7-8,10H,5-6H2,1-2H3. The molecular weight excluding hydrogens is 170 g/mol. The largest absolute Gasteiger partial charge is 0.472 e. The number of furan rings is 1. The highest BCUT2D eigenvalue weighted by Gasteiger charge is 1.98. The summed E-state index contributed by atoms with van der Waals surface area (Å²) in [6.07, 6.45) is 5.61. The van der Waals surface area contributed by atoms with Gasteiger partial charge in [-0.15, -0.1) is 0 Å². The summed E-state index contributed by atoms with van der Waals surface area (Å²) in [6.45, 7) is 4.17. The summed E-state index contributed by atoms with van der Waals surface area (Å²) in [4.78, 5) is 0. The van der Waals surface area contributed by atoms with E-state index in [1.165, 1.54) is 5.56 Å². The molecule has 1 N–H and O–H groups in total. The fourth-order valence-electron chi connectivity index (χ4n) is 0.896. The van der Waals surface area contributed by atoms with Crippen molar-refractivity contribution in [2.24, 2.45) is 0 Å². The molecular formula is C9H15NOS. The lowest BCUT2D eigenvalue weighted by molar-refractivity contribution is 0.560. The maximum Gasteiger partial charge on any atom is 0.0947 e. The summed E-state index contributed by atoms with van der Waals surface area (Å²) in [5, 5.41) is 4.04. The second-order valence-electron chi connectivity index (χ2n) is 2.81. The molecule has 3 heteroatoms. The second-order valence-corrected chi connectivity index (χ2v) is 4.08. The van der Waals surface area contributed by atoms with Gasteiger partial charge in [0.1, 0.15) is 0 Å². The third-order valence-corrected chi connectivity index (χ3v) is 2.71. The van der Waals surface area contributed by atoms with Gasteiger partial charge in [-0.2, -0.15) is 11.8 Å². The van der Waals surface area contributed by atoms with E-state index >= 15 is 0 Å². The Labute approximate surface area is 77.7 Å². The number of hydrogen-bond donors (Lipinski definition) is 1. The van der Waals surface area contributed by atoms with Gasteiger partial charge in [-0.25, -0.2) is 0 Å². The van der Waals surface area contributed by atoms with Crippen molar-refractivity contribution in [2.75, 3.05) is 12.8 Å². The van der Waals surface area contributed by atoms with Crippen LogP contribution < -0.4 is 5.32 Å². The van der Waals surface area contributed by atoms with Crippen LogP contribution in [0.15, 0.2) is 23.0 Å². The lowest BCUT2D eigenvalue weighted by atomic mass is 10.3. The van der Waals surface area contributed by atoms with Crippen LogP contribution in [0.2, 0.25) is 0 Å². The normalized spacial score (nSPS) is 13.2. The Kier molecular flexibility index (Phi) is 4.25. The molecule has 1 aromatic heterocycles. The molecule has 0 aromatic carbocycles. The highest BCUT2D eigenvalue weighted by Crippen LogP contribution is 2.03. The molecule has 0 amide bonds. The molecule has 0 aliphatic carbocycles. The van der Waals surface area contributed by atoms with Crippen LogP contribution in [-0.4, -0.2) is 18.1 Å². The predicted octanol–water partition coefficient (Wildman–Crippen LogP) is 2.12. The van der Waals surface area contributed by atoms with Gasteiger partial charge in [0.2, 0.25) is 0 Å². The van der Waals surface area contributed by atoms with Crippen LogP contribution >= 0.6 is 11.8 Å². The average Bonchev–Trinajstić information content (AvgIpc) is 2.57. The summed E-state index contributed by atoms with van der Waals surface area (Å²) in [5.41, 5.74) is 1.21. The Bertz CT molecular complexity index is 198. The van der Waals surface area contributed by atoms with Crippen LogP contribution in [0.25, 0.3) is 0 Å². The van der Waals surface area contributed by atoms with Crippen molar-refractivity contribution in [1.29, 1.82) is 0 Å². The Balaban J connectivity index is 2.11. The topological polar surface area (TPSA) is 25.2 Å². The summed E-state index contributed by atoms with van der Waals surface area (Å²) >= 11 is 1.88. The maximum atomic E-state index is 4.95. The minimum atomic E-state index is 0.678. The van der Waals surface area contributed by atoms with E-state index in [2.05, 4.69) is 18.5 Å². The summed E-state index contributed by atoms with van der Waals surface area (Å²) in [5.74, 6) is 0. The molecule has 0 radical (unpaired) electrons. The molecule has 0 saturated carbocycles. The number of nitrogens with one attached hydrogen (secondary N) is 1. The first-order chi connectivity index (χ1) is 5.83. The van der Waals surface area contributed by atoms with E-state index in [4.69, 9.17) is 4.42 Å². The smallest absolute Gasteiger partial charge is 0.0947 e. The lowest BCUT2D eigenvalue weighted by Crippen LogP contribution is -2.21. The van der Waals surface area contributed by atoms with E-state index in [1.807, 2.05) is 17.8 Å². The van der Waals surface area contributed by atoms with E-state index in [-0.39, 0.29) is 0 Å². The zero-order chi connectivity index (χ0) is 8.81. The fraction of sp³-hybridized carbons (Fsp3) is 0.556. The Morgan fingerprint density at radius 3 is 3.08 bits per heavy atom. The zero-order valence-corrected chi connectivity index (χ0v) is 8.36. The van der Waals surface area contributed by atoms with Crippen molar-refractivity contribution in [1.82, 2.24) is 5.32 Å². The molecule has 0 fully saturated rings. The van der Waals surface area contributed by atoms with Crippen LogP contribution in [0.4, 0.5) is 0 Å². The van der Waals surface area contributed by atoms with Crippen LogP contribution in [0.3, 0.4) is 0 Å².